The Morgan fingerprint density at radius 2 is 1.96 bits per heavy atom. The Morgan fingerprint density at radius 1 is 1.19 bits per heavy atom. The van der Waals surface area contributed by atoms with E-state index < -0.39 is 0 Å². The molecule has 6 heteroatoms. The van der Waals surface area contributed by atoms with E-state index in [2.05, 4.69) is 22.2 Å². The molecule has 0 radical (unpaired) electrons. The molecular formula is C21H21ClN4O. The molecule has 0 saturated heterocycles. The van der Waals surface area contributed by atoms with Gasteiger partial charge in [-0.3, -0.25) is 9.78 Å². The highest BCUT2D eigenvalue weighted by Gasteiger charge is 2.17. The van der Waals surface area contributed by atoms with E-state index >= 15 is 0 Å². The van der Waals surface area contributed by atoms with Gasteiger partial charge in [0, 0.05) is 35.8 Å². The number of carbonyl (C=O) groups excluding carboxylic acids is 1. The third kappa shape index (κ3) is 3.64. The van der Waals surface area contributed by atoms with Crippen LogP contribution in [0.5, 0.6) is 0 Å². The molecule has 0 fully saturated rings. The number of nitrogens with zero attached hydrogens (tertiary/aromatic N) is 2. The van der Waals surface area contributed by atoms with E-state index in [0.717, 1.165) is 40.1 Å². The molecule has 0 saturated carbocycles. The summed E-state index contributed by atoms with van der Waals surface area (Å²) in [7, 11) is 1.58. The number of benzene rings is 1. The molecule has 0 aliphatic carbocycles. The highest BCUT2D eigenvalue weighted by molar-refractivity contribution is 6.34. The first kappa shape index (κ1) is 18.9. The number of nitrogens with two attached hydrogens (primary N) is 1. The van der Waals surface area contributed by atoms with Crippen molar-refractivity contribution in [2.45, 2.75) is 20.3 Å². The monoisotopic (exact) mass is 380 g/mol. The first-order valence-corrected chi connectivity index (χ1v) is 9.07. The minimum Gasteiger partial charge on any atom is -0.384 e. The molecule has 3 rings (SSSR count). The maximum absolute atomic E-state index is 11.9. The van der Waals surface area contributed by atoms with Gasteiger partial charge < -0.3 is 11.1 Å². The van der Waals surface area contributed by atoms with Crippen molar-refractivity contribution in [3.63, 3.8) is 0 Å². The van der Waals surface area contributed by atoms with E-state index in [1.165, 1.54) is 0 Å². The van der Waals surface area contributed by atoms with Crippen molar-refractivity contribution in [1.82, 2.24) is 15.3 Å². The summed E-state index contributed by atoms with van der Waals surface area (Å²) >= 11 is 6.37. The van der Waals surface area contributed by atoms with E-state index in [1.54, 1.807) is 25.4 Å². The van der Waals surface area contributed by atoms with Crippen LogP contribution in [0.1, 0.15) is 28.7 Å². The number of nitrogen functional groups attached to an aromatic ring is 1. The van der Waals surface area contributed by atoms with Crippen LogP contribution in [-0.4, -0.2) is 22.9 Å². The quantitative estimate of drug-likeness (QED) is 0.708. The largest absolute Gasteiger partial charge is 0.384 e. The van der Waals surface area contributed by atoms with Gasteiger partial charge in [-0.15, -0.1) is 0 Å². The lowest BCUT2D eigenvalue weighted by Gasteiger charge is -2.16. The second kappa shape index (κ2) is 7.76. The minimum absolute atomic E-state index is 0.214. The summed E-state index contributed by atoms with van der Waals surface area (Å²) in [6, 6.07) is 11.2. The lowest BCUT2D eigenvalue weighted by Crippen LogP contribution is -2.18. The molecule has 0 aliphatic rings. The number of aromatic nitrogens is 2. The van der Waals surface area contributed by atoms with Crippen LogP contribution in [0.25, 0.3) is 22.3 Å². The van der Waals surface area contributed by atoms with Crippen LogP contribution in [0.4, 0.5) is 5.82 Å². The predicted molar refractivity (Wildman–Crippen MR) is 110 cm³/mol. The van der Waals surface area contributed by atoms with Crippen molar-refractivity contribution >= 4 is 23.3 Å². The van der Waals surface area contributed by atoms with Crippen LogP contribution in [-0.2, 0) is 6.42 Å². The lowest BCUT2D eigenvalue weighted by molar-refractivity contribution is 0.0963. The summed E-state index contributed by atoms with van der Waals surface area (Å²) in [5.41, 5.74) is 12.0. The number of hydrogen-bond acceptors (Lipinski definition) is 4. The molecule has 1 amide bonds. The van der Waals surface area contributed by atoms with E-state index in [4.69, 9.17) is 17.3 Å². The van der Waals surface area contributed by atoms with Crippen LogP contribution in [0.2, 0.25) is 5.02 Å². The highest BCUT2D eigenvalue weighted by Crippen LogP contribution is 2.37. The minimum atomic E-state index is -0.214. The van der Waals surface area contributed by atoms with Gasteiger partial charge in [0.1, 0.15) is 5.82 Å². The summed E-state index contributed by atoms with van der Waals surface area (Å²) in [5.74, 6) is 0.270. The van der Waals surface area contributed by atoms with Crippen LogP contribution >= 0.6 is 11.6 Å². The summed E-state index contributed by atoms with van der Waals surface area (Å²) in [5, 5.41) is 3.00. The van der Waals surface area contributed by atoms with E-state index in [0.29, 0.717) is 16.4 Å². The first-order chi connectivity index (χ1) is 13.0. The number of amides is 1. The zero-order valence-electron chi connectivity index (χ0n) is 15.5. The van der Waals surface area contributed by atoms with Crippen molar-refractivity contribution in [1.29, 1.82) is 0 Å². The van der Waals surface area contributed by atoms with Gasteiger partial charge in [0.15, 0.2) is 0 Å². The zero-order valence-corrected chi connectivity index (χ0v) is 16.3. The summed E-state index contributed by atoms with van der Waals surface area (Å²) in [6.07, 6.45) is 2.56. The third-order valence-corrected chi connectivity index (χ3v) is 4.81. The number of nitrogens with one attached hydrogen (secondary N) is 1. The van der Waals surface area contributed by atoms with Crippen molar-refractivity contribution in [3.05, 3.63) is 64.6 Å². The Kier molecular flexibility index (Phi) is 5.42. The highest BCUT2D eigenvalue weighted by atomic mass is 35.5. The van der Waals surface area contributed by atoms with E-state index in [1.807, 2.05) is 31.2 Å². The molecule has 27 heavy (non-hydrogen) atoms. The second-order valence-corrected chi connectivity index (χ2v) is 6.58. The zero-order chi connectivity index (χ0) is 19.6. The topological polar surface area (TPSA) is 80.9 Å². The van der Waals surface area contributed by atoms with Gasteiger partial charge in [-0.25, -0.2) is 4.98 Å². The fraction of sp³-hybridized carbons (Fsp3) is 0.190. The van der Waals surface area contributed by atoms with Gasteiger partial charge in [0.2, 0.25) is 0 Å². The molecule has 2 aromatic heterocycles. The molecule has 0 atom stereocenters. The van der Waals surface area contributed by atoms with Crippen LogP contribution in [0.3, 0.4) is 0 Å². The van der Waals surface area contributed by atoms with Gasteiger partial charge >= 0.3 is 0 Å². The van der Waals surface area contributed by atoms with Crippen LogP contribution in [0, 0.1) is 6.92 Å². The maximum atomic E-state index is 11.9. The van der Waals surface area contributed by atoms with Gasteiger partial charge in [0.25, 0.3) is 5.91 Å². The molecule has 3 aromatic rings. The van der Waals surface area contributed by atoms with Gasteiger partial charge in [-0.1, -0.05) is 24.6 Å². The third-order valence-electron chi connectivity index (χ3n) is 4.49. The second-order valence-electron chi connectivity index (χ2n) is 6.18. The average Bonchev–Trinajstić information content (AvgIpc) is 2.67. The summed E-state index contributed by atoms with van der Waals surface area (Å²) in [6.45, 7) is 4.00. The fourth-order valence-corrected chi connectivity index (χ4v) is 3.43. The molecule has 0 aliphatic heterocycles. The molecule has 5 nitrogen and oxygen atoms in total. The number of pyridine rings is 2. The molecule has 0 spiro atoms. The average molecular weight is 381 g/mol. The van der Waals surface area contributed by atoms with Crippen molar-refractivity contribution in [2.24, 2.45) is 0 Å². The Hall–Kier alpha value is -2.92. The van der Waals surface area contributed by atoms with Gasteiger partial charge in [0.05, 0.1) is 10.6 Å². The Balaban J connectivity index is 2.23. The Labute approximate surface area is 163 Å². The first-order valence-electron chi connectivity index (χ1n) is 8.69. The number of carbonyl (C=O) groups is 1. The molecule has 0 bridgehead atoms. The van der Waals surface area contributed by atoms with Crippen molar-refractivity contribution < 1.29 is 4.79 Å². The Bertz CT molecular complexity index is 1020. The van der Waals surface area contributed by atoms with E-state index in [9.17, 15) is 4.79 Å². The molecule has 2 heterocycles. The smallest absolute Gasteiger partial charge is 0.252 e. The lowest BCUT2D eigenvalue weighted by atomic mass is 9.91. The van der Waals surface area contributed by atoms with Crippen molar-refractivity contribution in [3.8, 4) is 22.3 Å². The number of aryl methyl sites for hydroxylation is 2. The number of rotatable bonds is 4. The predicted octanol–water partition coefficient (Wildman–Crippen LogP) is 4.28. The van der Waals surface area contributed by atoms with Crippen LogP contribution in [0.15, 0.2) is 42.6 Å². The standard InChI is InChI=1S/C21H21ClN4O/c1-4-18-20(14-7-8-19(23)26-12(14)2)15(9-10-25-18)13-5-6-16(17(22)11-13)21(27)24-3/h5-11H,4H2,1-3H3,(H2,23,26)(H,24,27). The van der Waals surface area contributed by atoms with Crippen molar-refractivity contribution in [2.75, 3.05) is 12.8 Å². The molecule has 0 unspecified atom stereocenters. The summed E-state index contributed by atoms with van der Waals surface area (Å²) < 4.78 is 0. The number of anilines is 1. The van der Waals surface area contributed by atoms with Gasteiger partial charge in [-0.2, -0.15) is 0 Å². The van der Waals surface area contributed by atoms with Crippen LogP contribution < -0.4 is 11.1 Å². The summed E-state index contributed by atoms with van der Waals surface area (Å²) in [4.78, 5) is 20.9. The fourth-order valence-electron chi connectivity index (χ4n) is 3.16. The van der Waals surface area contributed by atoms with Gasteiger partial charge in [-0.05, 0) is 54.8 Å². The Morgan fingerprint density at radius 3 is 2.59 bits per heavy atom. The molecule has 1 aromatic carbocycles. The molecule has 3 N–H and O–H groups in total. The maximum Gasteiger partial charge on any atom is 0.252 e. The number of hydrogen-bond donors (Lipinski definition) is 2. The normalized spacial score (nSPS) is 10.7. The molecular weight excluding hydrogens is 360 g/mol. The SMILES string of the molecule is CCc1nccc(-c2ccc(C(=O)NC)c(Cl)c2)c1-c1ccc(N)nc1C. The molecule has 138 valence electrons. The van der Waals surface area contributed by atoms with E-state index in [-0.39, 0.29) is 5.91 Å². The number of halogens is 1.